The van der Waals surface area contributed by atoms with Crippen molar-refractivity contribution in [2.75, 3.05) is 33.9 Å². The summed E-state index contributed by atoms with van der Waals surface area (Å²) in [6.45, 7) is 8.80. The second-order valence-corrected chi connectivity index (χ2v) is 6.38. The first-order chi connectivity index (χ1) is 9.92. The molecule has 0 aromatic rings. The molecular formula is C16H32N2O3. The lowest BCUT2D eigenvalue weighted by molar-refractivity contribution is -0.148. The van der Waals surface area contributed by atoms with E-state index in [1.54, 1.807) is 0 Å². The van der Waals surface area contributed by atoms with Gasteiger partial charge in [0.2, 0.25) is 0 Å². The van der Waals surface area contributed by atoms with Crippen LogP contribution in [0.4, 0.5) is 0 Å². The molecule has 0 radical (unpaired) electrons. The monoisotopic (exact) mass is 300 g/mol. The number of carbonyl (C=O) groups is 1. The van der Waals surface area contributed by atoms with Crippen LogP contribution >= 0.6 is 0 Å². The fraction of sp³-hybridized carbons (Fsp3) is 0.938. The summed E-state index contributed by atoms with van der Waals surface area (Å²) in [5, 5.41) is 3.34. The molecule has 1 aliphatic heterocycles. The molecule has 0 amide bonds. The van der Waals surface area contributed by atoms with Crippen molar-refractivity contribution in [3.05, 3.63) is 0 Å². The van der Waals surface area contributed by atoms with Gasteiger partial charge in [0.1, 0.15) is 5.54 Å². The van der Waals surface area contributed by atoms with Crippen molar-refractivity contribution in [2.45, 2.75) is 64.1 Å². The van der Waals surface area contributed by atoms with Crippen molar-refractivity contribution in [2.24, 2.45) is 0 Å². The van der Waals surface area contributed by atoms with Gasteiger partial charge in [0.25, 0.3) is 0 Å². The van der Waals surface area contributed by atoms with E-state index in [1.165, 1.54) is 7.11 Å². The fourth-order valence-electron chi connectivity index (χ4n) is 2.89. The van der Waals surface area contributed by atoms with E-state index in [4.69, 9.17) is 9.47 Å². The van der Waals surface area contributed by atoms with Crippen molar-refractivity contribution in [1.82, 2.24) is 10.2 Å². The van der Waals surface area contributed by atoms with Crippen LogP contribution in [0, 0.1) is 0 Å². The maximum absolute atomic E-state index is 12.1. The third-order valence-corrected chi connectivity index (χ3v) is 4.37. The molecule has 0 bridgehead atoms. The molecular weight excluding hydrogens is 268 g/mol. The second kappa shape index (κ2) is 8.71. The molecule has 21 heavy (non-hydrogen) atoms. The smallest absolute Gasteiger partial charge is 0.325 e. The normalized spacial score (nSPS) is 23.0. The highest BCUT2D eigenvalue weighted by Gasteiger charge is 2.36. The Bertz CT molecular complexity index is 319. The zero-order valence-electron chi connectivity index (χ0n) is 14.3. The summed E-state index contributed by atoms with van der Waals surface area (Å²) in [6.07, 6.45) is 4.35. The predicted octanol–water partition coefficient (Wildman–Crippen LogP) is 1.81. The first-order valence-electron chi connectivity index (χ1n) is 8.08. The molecule has 5 heteroatoms. The molecule has 1 aliphatic rings. The molecule has 0 saturated carbocycles. The quantitative estimate of drug-likeness (QED) is 0.658. The van der Waals surface area contributed by atoms with E-state index in [2.05, 4.69) is 31.1 Å². The van der Waals surface area contributed by atoms with Gasteiger partial charge in [0.15, 0.2) is 0 Å². The molecule has 0 aliphatic carbocycles. The van der Waals surface area contributed by atoms with Gasteiger partial charge in [-0.25, -0.2) is 0 Å². The molecule has 1 N–H and O–H groups in total. The molecule has 3 atom stereocenters. The van der Waals surface area contributed by atoms with Crippen LogP contribution in [0.25, 0.3) is 0 Å². The number of nitrogens with one attached hydrogen (secondary N) is 1. The van der Waals surface area contributed by atoms with Crippen LogP contribution in [0.15, 0.2) is 0 Å². The number of esters is 1. The summed E-state index contributed by atoms with van der Waals surface area (Å²) in [6, 6.07) is 0.280. The van der Waals surface area contributed by atoms with Crippen molar-refractivity contribution in [3.63, 3.8) is 0 Å². The largest absolute Gasteiger partial charge is 0.468 e. The SMILES string of the molecule is CCCNC(C)(CC(C)N(C)CC1CCCO1)C(=O)OC. The van der Waals surface area contributed by atoms with Gasteiger partial charge in [0.05, 0.1) is 13.2 Å². The molecule has 124 valence electrons. The molecule has 5 nitrogen and oxygen atoms in total. The maximum atomic E-state index is 12.1. The zero-order chi connectivity index (χ0) is 15.9. The molecule has 0 spiro atoms. The average Bonchev–Trinajstić information content (AvgIpc) is 2.96. The van der Waals surface area contributed by atoms with E-state index in [-0.39, 0.29) is 12.0 Å². The van der Waals surface area contributed by atoms with Crippen LogP contribution in [0.2, 0.25) is 0 Å². The van der Waals surface area contributed by atoms with E-state index in [0.29, 0.717) is 6.10 Å². The number of hydrogen-bond acceptors (Lipinski definition) is 5. The lowest BCUT2D eigenvalue weighted by atomic mass is 9.92. The Morgan fingerprint density at radius 3 is 2.81 bits per heavy atom. The van der Waals surface area contributed by atoms with Gasteiger partial charge in [-0.2, -0.15) is 0 Å². The lowest BCUT2D eigenvalue weighted by Crippen LogP contribution is -2.54. The number of ether oxygens (including phenoxy) is 2. The van der Waals surface area contributed by atoms with Crippen LogP contribution in [0.1, 0.15) is 46.5 Å². The minimum absolute atomic E-state index is 0.187. The van der Waals surface area contributed by atoms with Gasteiger partial charge in [-0.05, 0) is 53.1 Å². The number of methoxy groups -OCH3 is 1. The van der Waals surface area contributed by atoms with Gasteiger partial charge in [-0.15, -0.1) is 0 Å². The maximum Gasteiger partial charge on any atom is 0.325 e. The summed E-state index contributed by atoms with van der Waals surface area (Å²) in [5.74, 6) is -0.187. The average molecular weight is 300 g/mol. The highest BCUT2D eigenvalue weighted by Crippen LogP contribution is 2.20. The molecule has 0 aromatic heterocycles. The summed E-state index contributed by atoms with van der Waals surface area (Å²) >= 11 is 0. The Morgan fingerprint density at radius 1 is 1.57 bits per heavy atom. The highest BCUT2D eigenvalue weighted by molar-refractivity contribution is 5.80. The molecule has 3 unspecified atom stereocenters. The summed E-state index contributed by atoms with van der Waals surface area (Å²) in [5.41, 5.74) is -0.630. The van der Waals surface area contributed by atoms with Crippen molar-refractivity contribution >= 4 is 5.97 Å². The number of rotatable bonds is 9. The molecule has 1 fully saturated rings. The third kappa shape index (κ3) is 5.57. The topological polar surface area (TPSA) is 50.8 Å². The zero-order valence-corrected chi connectivity index (χ0v) is 14.3. The molecule has 1 heterocycles. The number of carbonyl (C=O) groups excluding carboxylic acids is 1. The summed E-state index contributed by atoms with van der Waals surface area (Å²) in [7, 11) is 3.55. The Balaban J connectivity index is 2.56. The Kier molecular flexibility index (Phi) is 7.63. The predicted molar refractivity (Wildman–Crippen MR) is 84.4 cm³/mol. The highest BCUT2D eigenvalue weighted by atomic mass is 16.5. The van der Waals surface area contributed by atoms with E-state index >= 15 is 0 Å². The number of likely N-dealkylation sites (N-methyl/N-ethyl adjacent to an activating group) is 1. The molecule has 1 rings (SSSR count). The van der Waals surface area contributed by atoms with Gasteiger partial charge in [0, 0.05) is 19.2 Å². The molecule has 1 saturated heterocycles. The fourth-order valence-corrected chi connectivity index (χ4v) is 2.89. The Morgan fingerprint density at radius 2 is 2.29 bits per heavy atom. The second-order valence-electron chi connectivity index (χ2n) is 6.38. The van der Waals surface area contributed by atoms with Crippen LogP contribution in [0.5, 0.6) is 0 Å². The van der Waals surface area contributed by atoms with Gasteiger partial charge >= 0.3 is 5.97 Å². The lowest BCUT2D eigenvalue weighted by Gasteiger charge is -2.35. The third-order valence-electron chi connectivity index (χ3n) is 4.37. The van der Waals surface area contributed by atoms with Crippen LogP contribution in [-0.4, -0.2) is 62.4 Å². The van der Waals surface area contributed by atoms with E-state index in [0.717, 1.165) is 45.4 Å². The van der Waals surface area contributed by atoms with Gasteiger partial charge in [-0.3, -0.25) is 4.79 Å². The number of nitrogens with zero attached hydrogens (tertiary/aromatic N) is 1. The summed E-state index contributed by atoms with van der Waals surface area (Å²) < 4.78 is 10.7. The van der Waals surface area contributed by atoms with Crippen LogP contribution in [-0.2, 0) is 14.3 Å². The Hall–Kier alpha value is -0.650. The van der Waals surface area contributed by atoms with Crippen molar-refractivity contribution < 1.29 is 14.3 Å². The van der Waals surface area contributed by atoms with Gasteiger partial charge < -0.3 is 19.7 Å². The minimum Gasteiger partial charge on any atom is -0.468 e. The van der Waals surface area contributed by atoms with E-state index in [9.17, 15) is 4.79 Å². The van der Waals surface area contributed by atoms with Crippen LogP contribution < -0.4 is 5.32 Å². The summed E-state index contributed by atoms with van der Waals surface area (Å²) in [4.78, 5) is 14.4. The Labute approximate surface area is 129 Å². The molecule has 0 aromatic carbocycles. The number of hydrogen-bond donors (Lipinski definition) is 1. The minimum atomic E-state index is -0.630. The van der Waals surface area contributed by atoms with E-state index in [1.807, 2.05) is 6.92 Å². The van der Waals surface area contributed by atoms with Crippen molar-refractivity contribution in [3.8, 4) is 0 Å². The van der Waals surface area contributed by atoms with E-state index < -0.39 is 5.54 Å². The first kappa shape index (κ1) is 18.4. The van der Waals surface area contributed by atoms with Crippen molar-refractivity contribution in [1.29, 1.82) is 0 Å². The van der Waals surface area contributed by atoms with Crippen LogP contribution in [0.3, 0.4) is 0 Å². The van der Waals surface area contributed by atoms with Gasteiger partial charge in [-0.1, -0.05) is 6.92 Å². The first-order valence-corrected chi connectivity index (χ1v) is 8.08. The standard InChI is InChI=1S/C16H32N2O3/c1-6-9-17-16(3,15(19)20-5)11-13(2)18(4)12-14-8-7-10-21-14/h13-14,17H,6-12H2,1-5H3.